The average Bonchev–Trinajstić information content (AvgIpc) is 3.97. The Labute approximate surface area is 333 Å². The van der Waals surface area contributed by atoms with Crippen molar-refractivity contribution < 1.29 is 4.42 Å². The zero-order valence-electron chi connectivity index (χ0n) is 30.0. The van der Waals surface area contributed by atoms with Crippen molar-refractivity contribution in [1.82, 2.24) is 24.9 Å². The third-order valence-electron chi connectivity index (χ3n) is 10.6. The molecule has 0 saturated heterocycles. The summed E-state index contributed by atoms with van der Waals surface area (Å²) in [5.41, 5.74) is 7.93. The van der Waals surface area contributed by atoms with Crippen LogP contribution in [0.15, 0.2) is 168 Å². The summed E-state index contributed by atoms with van der Waals surface area (Å²) >= 11 is 3.56. The Morgan fingerprint density at radius 2 is 0.912 bits per heavy atom. The van der Waals surface area contributed by atoms with E-state index in [1.54, 1.807) is 11.3 Å². The molecule has 57 heavy (non-hydrogen) atoms. The molecule has 0 radical (unpaired) electrons. The molecule has 12 rings (SSSR count). The molecule has 6 nitrogen and oxygen atoms in total. The number of fused-ring (bicyclic) bond motifs is 9. The van der Waals surface area contributed by atoms with Gasteiger partial charge in [0.15, 0.2) is 23.3 Å². The first-order valence-corrected chi connectivity index (χ1v) is 20.3. The fourth-order valence-electron chi connectivity index (χ4n) is 7.95. The van der Waals surface area contributed by atoms with E-state index in [0.29, 0.717) is 23.3 Å². The largest absolute Gasteiger partial charge is 0.456 e. The third-order valence-corrected chi connectivity index (χ3v) is 12.9. The van der Waals surface area contributed by atoms with Crippen LogP contribution in [0.2, 0.25) is 0 Å². The highest BCUT2D eigenvalue weighted by atomic mass is 32.1. The summed E-state index contributed by atoms with van der Waals surface area (Å²) in [5.74, 6) is 2.39. The lowest BCUT2D eigenvalue weighted by Gasteiger charge is -2.10. The molecule has 0 aliphatic carbocycles. The van der Waals surface area contributed by atoms with Gasteiger partial charge in [0.05, 0.1) is 15.9 Å². The van der Waals surface area contributed by atoms with Gasteiger partial charge in [0.1, 0.15) is 11.2 Å². The van der Waals surface area contributed by atoms with Crippen LogP contribution in [-0.2, 0) is 0 Å². The summed E-state index contributed by atoms with van der Waals surface area (Å²) in [7, 11) is 0. The molecular formula is C49H27N5OS2. The molecule has 7 aromatic carbocycles. The van der Waals surface area contributed by atoms with Gasteiger partial charge in [-0.05, 0) is 30.3 Å². The molecular weight excluding hydrogens is 739 g/mol. The SMILES string of the molecule is c1ccc(-c2nc(-c3ccccc3)nc(-c3cccc4oc5cccc(-c6nc(-c7ccc8c(c7)sc7ccccc78)c7sc8ccccc8c7n6)c5c34)n2)cc1. The first-order valence-electron chi connectivity index (χ1n) is 18.7. The first kappa shape index (κ1) is 32.1. The molecule has 0 fully saturated rings. The molecule has 5 heterocycles. The Morgan fingerprint density at radius 1 is 0.368 bits per heavy atom. The van der Waals surface area contributed by atoms with E-state index in [0.717, 1.165) is 71.1 Å². The highest BCUT2D eigenvalue weighted by Gasteiger charge is 2.23. The molecule has 0 aliphatic heterocycles. The van der Waals surface area contributed by atoms with Gasteiger partial charge < -0.3 is 4.42 Å². The van der Waals surface area contributed by atoms with Crippen LogP contribution in [-0.4, -0.2) is 24.9 Å². The second kappa shape index (κ2) is 12.7. The van der Waals surface area contributed by atoms with Crippen molar-refractivity contribution in [3.05, 3.63) is 164 Å². The number of hydrogen-bond acceptors (Lipinski definition) is 8. The van der Waals surface area contributed by atoms with Crippen molar-refractivity contribution in [1.29, 1.82) is 0 Å². The number of thiophene rings is 2. The molecule has 8 heteroatoms. The number of benzene rings is 7. The monoisotopic (exact) mass is 765 g/mol. The van der Waals surface area contributed by atoms with Gasteiger partial charge in [-0.25, -0.2) is 24.9 Å². The van der Waals surface area contributed by atoms with Crippen molar-refractivity contribution >= 4 is 85.1 Å². The van der Waals surface area contributed by atoms with E-state index in [1.807, 2.05) is 96.3 Å². The summed E-state index contributed by atoms with van der Waals surface area (Å²) in [4.78, 5) is 26.0. The highest BCUT2D eigenvalue weighted by Crippen LogP contribution is 2.45. The van der Waals surface area contributed by atoms with Crippen molar-refractivity contribution in [3.63, 3.8) is 0 Å². The lowest BCUT2D eigenvalue weighted by Crippen LogP contribution is -2.00. The summed E-state index contributed by atoms with van der Waals surface area (Å²) in [5, 5.41) is 5.46. The minimum absolute atomic E-state index is 0.559. The van der Waals surface area contributed by atoms with Crippen LogP contribution in [0, 0.1) is 0 Å². The number of aromatic nitrogens is 5. The minimum atomic E-state index is 0.559. The predicted octanol–water partition coefficient (Wildman–Crippen LogP) is 13.6. The van der Waals surface area contributed by atoms with Gasteiger partial charge in [-0.15, -0.1) is 22.7 Å². The number of hydrogen-bond donors (Lipinski definition) is 0. The van der Waals surface area contributed by atoms with E-state index in [-0.39, 0.29) is 0 Å². The van der Waals surface area contributed by atoms with Crippen molar-refractivity contribution in [2.45, 2.75) is 0 Å². The molecule has 0 saturated carbocycles. The maximum absolute atomic E-state index is 6.62. The summed E-state index contributed by atoms with van der Waals surface area (Å²) < 4.78 is 11.4. The Hall–Kier alpha value is -7.13. The van der Waals surface area contributed by atoms with E-state index < -0.39 is 0 Å². The lowest BCUT2D eigenvalue weighted by atomic mass is 10.0. The molecule has 266 valence electrons. The quantitative estimate of drug-likeness (QED) is 0.174. The van der Waals surface area contributed by atoms with Crippen LogP contribution in [0.3, 0.4) is 0 Å². The van der Waals surface area contributed by atoms with E-state index in [1.165, 1.54) is 24.9 Å². The molecule has 0 bridgehead atoms. The molecule has 0 amide bonds. The second-order valence-corrected chi connectivity index (χ2v) is 16.1. The van der Waals surface area contributed by atoms with Crippen LogP contribution in [0.1, 0.15) is 0 Å². The highest BCUT2D eigenvalue weighted by molar-refractivity contribution is 7.26. The summed E-state index contributed by atoms with van der Waals surface area (Å²) in [6, 6.07) is 56.1. The molecule has 0 atom stereocenters. The molecule has 0 spiro atoms. The zero-order chi connectivity index (χ0) is 37.5. The number of nitrogens with zero attached hydrogens (tertiary/aromatic N) is 5. The topological polar surface area (TPSA) is 77.6 Å². The van der Waals surface area contributed by atoms with Crippen molar-refractivity contribution in [3.8, 4) is 56.8 Å². The summed E-state index contributed by atoms with van der Waals surface area (Å²) in [6.07, 6.45) is 0. The zero-order valence-corrected chi connectivity index (χ0v) is 31.7. The van der Waals surface area contributed by atoms with E-state index in [2.05, 4.69) is 78.9 Å². The Balaban J connectivity index is 1.12. The van der Waals surface area contributed by atoms with Gasteiger partial charge in [-0.2, -0.15) is 0 Å². The maximum atomic E-state index is 6.62. The van der Waals surface area contributed by atoms with Crippen LogP contribution >= 0.6 is 22.7 Å². The number of rotatable bonds is 5. The van der Waals surface area contributed by atoms with Gasteiger partial charge in [0, 0.05) is 68.8 Å². The van der Waals surface area contributed by atoms with Crippen LogP contribution in [0.5, 0.6) is 0 Å². The van der Waals surface area contributed by atoms with Gasteiger partial charge in [-0.3, -0.25) is 0 Å². The Kier molecular flexibility index (Phi) is 7.17. The Morgan fingerprint density at radius 3 is 1.58 bits per heavy atom. The molecule has 0 N–H and O–H groups in total. The van der Waals surface area contributed by atoms with Crippen LogP contribution in [0.25, 0.3) is 119 Å². The fraction of sp³-hybridized carbons (Fsp3) is 0. The van der Waals surface area contributed by atoms with Gasteiger partial charge in [0.25, 0.3) is 0 Å². The normalized spacial score (nSPS) is 11.9. The van der Waals surface area contributed by atoms with Gasteiger partial charge in [0.2, 0.25) is 0 Å². The smallest absolute Gasteiger partial charge is 0.164 e. The van der Waals surface area contributed by atoms with Gasteiger partial charge >= 0.3 is 0 Å². The standard InChI is InChI=1S/C49H27N5OS2/c1-3-13-28(14-4-1)46-52-47(29-15-5-2-6-16-29)54-49(53-46)35-20-12-22-37-42(35)41-34(19-11-21-36(41)55-37)48-50-43(45-44(51-48)33-18-8-10-24-39(33)57-45)30-25-26-32-31-17-7-9-23-38(31)56-40(32)27-30/h1-27H. The lowest BCUT2D eigenvalue weighted by molar-refractivity contribution is 0.669. The van der Waals surface area contributed by atoms with Crippen LogP contribution < -0.4 is 0 Å². The number of furan rings is 1. The van der Waals surface area contributed by atoms with Crippen molar-refractivity contribution in [2.24, 2.45) is 0 Å². The van der Waals surface area contributed by atoms with E-state index >= 15 is 0 Å². The van der Waals surface area contributed by atoms with Crippen LogP contribution in [0.4, 0.5) is 0 Å². The Bertz CT molecular complexity index is 3480. The molecule has 5 aromatic heterocycles. The van der Waals surface area contributed by atoms with E-state index in [9.17, 15) is 0 Å². The predicted molar refractivity (Wildman–Crippen MR) is 236 cm³/mol. The average molecular weight is 766 g/mol. The first-order chi connectivity index (χ1) is 28.2. The molecule has 0 aliphatic rings. The minimum Gasteiger partial charge on any atom is -0.456 e. The van der Waals surface area contributed by atoms with Gasteiger partial charge in [-0.1, -0.05) is 133 Å². The van der Waals surface area contributed by atoms with Crippen molar-refractivity contribution in [2.75, 3.05) is 0 Å². The molecule has 12 aromatic rings. The van der Waals surface area contributed by atoms with E-state index in [4.69, 9.17) is 29.3 Å². The third kappa shape index (κ3) is 5.19. The fourth-order valence-corrected chi connectivity index (χ4v) is 10.2. The summed E-state index contributed by atoms with van der Waals surface area (Å²) in [6.45, 7) is 0. The molecule has 0 unspecified atom stereocenters. The maximum Gasteiger partial charge on any atom is 0.164 e. The second-order valence-electron chi connectivity index (χ2n) is 14.0.